The highest BCUT2D eigenvalue weighted by Gasteiger charge is 2.53. The van der Waals surface area contributed by atoms with Crippen LogP contribution >= 0.6 is 23.2 Å². The van der Waals surface area contributed by atoms with E-state index >= 15 is 0 Å². The van der Waals surface area contributed by atoms with Crippen molar-refractivity contribution in [3.63, 3.8) is 0 Å². The van der Waals surface area contributed by atoms with Crippen molar-refractivity contribution in [2.24, 2.45) is 0 Å². The molecule has 2 N–H and O–H groups in total. The number of hydrogen-bond acceptors (Lipinski definition) is 5. The van der Waals surface area contributed by atoms with E-state index in [9.17, 15) is 4.79 Å². The fourth-order valence-corrected chi connectivity index (χ4v) is 5.48. The van der Waals surface area contributed by atoms with Crippen LogP contribution in [0.1, 0.15) is 39.5 Å². The molecule has 1 unspecified atom stereocenters. The lowest BCUT2D eigenvalue weighted by Gasteiger charge is -2.37. The number of rotatable bonds is 4. The van der Waals surface area contributed by atoms with Gasteiger partial charge in [0.05, 0.1) is 16.3 Å². The van der Waals surface area contributed by atoms with E-state index in [4.69, 9.17) is 32.7 Å². The van der Waals surface area contributed by atoms with Crippen LogP contribution in [0.25, 0.3) is 0 Å². The van der Waals surface area contributed by atoms with Crippen LogP contribution in [0, 0.1) is 6.92 Å². The Morgan fingerprint density at radius 3 is 2.47 bits per heavy atom. The molecule has 0 saturated carbocycles. The van der Waals surface area contributed by atoms with Crippen LogP contribution in [0.3, 0.4) is 0 Å². The minimum absolute atomic E-state index is 0.364. The fraction of sp³-hybridized carbons (Fsp3) is 0.138. The van der Waals surface area contributed by atoms with Crippen LogP contribution in [0.2, 0.25) is 10.0 Å². The average Bonchev–Trinajstić information content (AvgIpc) is 3.16. The summed E-state index contributed by atoms with van der Waals surface area (Å²) < 4.78 is 12.7. The van der Waals surface area contributed by atoms with Gasteiger partial charge < -0.3 is 20.1 Å². The van der Waals surface area contributed by atoms with Gasteiger partial charge >= 0.3 is 5.97 Å². The van der Waals surface area contributed by atoms with E-state index in [1.165, 1.54) is 0 Å². The third-order valence-electron chi connectivity index (χ3n) is 6.63. The van der Waals surface area contributed by atoms with Crippen molar-refractivity contribution in [3.8, 4) is 11.5 Å². The maximum atomic E-state index is 13.1. The third-order valence-corrected chi connectivity index (χ3v) is 7.18. The summed E-state index contributed by atoms with van der Waals surface area (Å²) in [6.45, 7) is 4.86. The third kappa shape index (κ3) is 3.42. The summed E-state index contributed by atoms with van der Waals surface area (Å²) in [6, 6.07) is 22.6. The molecule has 0 bridgehead atoms. The number of halogens is 2. The minimum atomic E-state index is -1.15. The maximum absolute atomic E-state index is 13.1. The molecular formula is C29H22Cl2N2O3. The van der Waals surface area contributed by atoms with Gasteiger partial charge in [-0.05, 0) is 67.9 Å². The highest BCUT2D eigenvalue weighted by atomic mass is 35.5. The summed E-state index contributed by atoms with van der Waals surface area (Å²) in [5.41, 5.74) is 5.20. The normalized spacial score (nSPS) is 17.1. The van der Waals surface area contributed by atoms with Crippen molar-refractivity contribution in [1.82, 2.24) is 0 Å². The smallest absolute Gasteiger partial charge is 0.340 e. The molecule has 0 aliphatic carbocycles. The number of nitrogens with one attached hydrogen (secondary N) is 2. The highest BCUT2D eigenvalue weighted by molar-refractivity contribution is 6.36. The predicted molar refractivity (Wildman–Crippen MR) is 143 cm³/mol. The number of carbonyl (C=O) groups excluding carboxylic acids is 1. The summed E-state index contributed by atoms with van der Waals surface area (Å²) >= 11 is 12.5. The number of anilines is 3. The average molecular weight is 517 g/mol. The first-order chi connectivity index (χ1) is 17.4. The first-order valence-electron chi connectivity index (χ1n) is 11.7. The van der Waals surface area contributed by atoms with E-state index in [0.717, 1.165) is 40.2 Å². The second-order valence-electron chi connectivity index (χ2n) is 8.87. The Kier molecular flexibility index (Phi) is 5.36. The van der Waals surface area contributed by atoms with E-state index in [2.05, 4.69) is 10.6 Å². The zero-order chi connectivity index (χ0) is 25.0. The van der Waals surface area contributed by atoms with Crippen LogP contribution in [0.15, 0.2) is 72.8 Å². The number of fused-ring (bicyclic) bond motifs is 6. The van der Waals surface area contributed by atoms with E-state index in [1.54, 1.807) is 18.2 Å². The lowest BCUT2D eigenvalue weighted by Crippen LogP contribution is -2.33. The Balaban J connectivity index is 1.57. The largest absolute Gasteiger partial charge is 0.456 e. The molecule has 5 nitrogen and oxygen atoms in total. The van der Waals surface area contributed by atoms with Crippen LogP contribution in [-0.2, 0) is 10.3 Å². The topological polar surface area (TPSA) is 59.6 Å². The first-order valence-corrected chi connectivity index (χ1v) is 12.4. The molecule has 0 radical (unpaired) electrons. The molecule has 7 heteroatoms. The second kappa shape index (κ2) is 8.47. The standard InChI is InChI=1S/C29H22Cl2N2O3/c1-3-32-25-15-27-21(12-16(25)2)29(20-7-5-4-6-19(20)28(34)36-29)22-14-18(9-11-26(22)35-27)33-24-10-8-17(30)13-23(24)31/h4-15,32-33H,3H2,1-2H3. The Bertz CT molecular complexity index is 1550. The molecule has 1 atom stereocenters. The van der Waals surface area contributed by atoms with Crippen molar-refractivity contribution in [1.29, 1.82) is 0 Å². The molecule has 4 aromatic carbocycles. The summed E-state index contributed by atoms with van der Waals surface area (Å²) in [6.07, 6.45) is 0. The van der Waals surface area contributed by atoms with Crippen molar-refractivity contribution >= 4 is 46.2 Å². The van der Waals surface area contributed by atoms with Gasteiger partial charge in [-0.2, -0.15) is 0 Å². The number of aryl methyl sites for hydroxylation is 1. The van der Waals surface area contributed by atoms with E-state index in [1.807, 2.05) is 68.4 Å². The monoisotopic (exact) mass is 516 g/mol. The lowest BCUT2D eigenvalue weighted by molar-refractivity contribution is 0.0224. The SMILES string of the molecule is CCNc1cc2c(cc1C)C1(OC(=O)c3ccccc31)c1cc(Nc3ccc(Cl)cc3Cl)ccc1O2. The van der Waals surface area contributed by atoms with E-state index in [-0.39, 0.29) is 5.97 Å². The molecule has 4 aromatic rings. The molecule has 1 spiro atoms. The molecule has 6 rings (SSSR count). The van der Waals surface area contributed by atoms with Gasteiger partial charge in [0.2, 0.25) is 0 Å². The minimum Gasteiger partial charge on any atom is -0.456 e. The molecule has 0 amide bonds. The van der Waals surface area contributed by atoms with Gasteiger partial charge in [-0.15, -0.1) is 0 Å². The van der Waals surface area contributed by atoms with Gasteiger partial charge in [-0.3, -0.25) is 0 Å². The van der Waals surface area contributed by atoms with E-state index < -0.39 is 5.60 Å². The number of ether oxygens (including phenoxy) is 2. The van der Waals surface area contributed by atoms with Gasteiger partial charge in [0.1, 0.15) is 11.5 Å². The molecule has 2 aliphatic heterocycles. The number of benzene rings is 4. The predicted octanol–water partition coefficient (Wildman–Crippen LogP) is 8.05. The van der Waals surface area contributed by atoms with Gasteiger partial charge in [0.15, 0.2) is 5.60 Å². The van der Waals surface area contributed by atoms with Crippen molar-refractivity contribution < 1.29 is 14.3 Å². The molecule has 36 heavy (non-hydrogen) atoms. The van der Waals surface area contributed by atoms with Crippen LogP contribution in [0.4, 0.5) is 17.1 Å². The molecular weight excluding hydrogens is 495 g/mol. The van der Waals surface area contributed by atoms with Gasteiger partial charge in [0, 0.05) is 45.7 Å². The summed E-state index contributed by atoms with van der Waals surface area (Å²) in [5, 5.41) is 7.80. The number of carbonyl (C=O) groups is 1. The zero-order valence-corrected chi connectivity index (χ0v) is 21.1. The lowest BCUT2D eigenvalue weighted by atomic mass is 9.77. The summed E-state index contributed by atoms with van der Waals surface area (Å²) in [4.78, 5) is 13.1. The van der Waals surface area contributed by atoms with Crippen molar-refractivity contribution in [3.05, 3.63) is 111 Å². The quantitative estimate of drug-likeness (QED) is 0.268. The van der Waals surface area contributed by atoms with Crippen LogP contribution in [-0.4, -0.2) is 12.5 Å². The summed E-state index contributed by atoms with van der Waals surface area (Å²) in [5.74, 6) is 0.901. The zero-order valence-electron chi connectivity index (χ0n) is 19.6. The molecule has 180 valence electrons. The Labute approximate surface area is 219 Å². The van der Waals surface area contributed by atoms with Crippen molar-refractivity contribution in [2.75, 3.05) is 17.2 Å². The Morgan fingerprint density at radius 1 is 0.861 bits per heavy atom. The van der Waals surface area contributed by atoms with Crippen LogP contribution in [0.5, 0.6) is 11.5 Å². The second-order valence-corrected chi connectivity index (χ2v) is 9.72. The van der Waals surface area contributed by atoms with Crippen LogP contribution < -0.4 is 15.4 Å². The van der Waals surface area contributed by atoms with E-state index in [0.29, 0.717) is 32.8 Å². The molecule has 2 heterocycles. The summed E-state index contributed by atoms with van der Waals surface area (Å²) in [7, 11) is 0. The Hall–Kier alpha value is -3.67. The molecule has 0 saturated heterocycles. The Morgan fingerprint density at radius 2 is 1.67 bits per heavy atom. The van der Waals surface area contributed by atoms with Crippen molar-refractivity contribution in [2.45, 2.75) is 19.4 Å². The highest BCUT2D eigenvalue weighted by Crippen LogP contribution is 2.57. The van der Waals surface area contributed by atoms with Gasteiger partial charge in [-0.1, -0.05) is 41.4 Å². The fourth-order valence-electron chi connectivity index (χ4n) is 5.03. The first kappa shape index (κ1) is 22.8. The van der Waals surface area contributed by atoms with Gasteiger partial charge in [0.25, 0.3) is 0 Å². The van der Waals surface area contributed by atoms with Gasteiger partial charge in [-0.25, -0.2) is 4.79 Å². The molecule has 0 aromatic heterocycles. The number of esters is 1. The number of hydrogen-bond donors (Lipinski definition) is 2. The maximum Gasteiger partial charge on any atom is 0.340 e. The molecule has 0 fully saturated rings. The molecule has 2 aliphatic rings.